The van der Waals surface area contributed by atoms with Gasteiger partial charge in [-0.05, 0) is 89.1 Å². The summed E-state index contributed by atoms with van der Waals surface area (Å²) in [5.41, 5.74) is 2.98. The van der Waals surface area contributed by atoms with E-state index in [0.717, 1.165) is 26.1 Å². The molecule has 0 spiro atoms. The zero-order valence-corrected chi connectivity index (χ0v) is 19.4. The minimum absolute atomic E-state index is 0.0314. The van der Waals surface area contributed by atoms with Gasteiger partial charge in [0.25, 0.3) is 10.7 Å². The Bertz CT molecular complexity index is 1080. The van der Waals surface area contributed by atoms with Crippen LogP contribution in [0.3, 0.4) is 0 Å². The van der Waals surface area contributed by atoms with E-state index in [9.17, 15) is 4.79 Å². The van der Waals surface area contributed by atoms with E-state index in [1.54, 1.807) is 0 Å². The third-order valence-electron chi connectivity index (χ3n) is 4.20. The second-order valence-electron chi connectivity index (χ2n) is 6.96. The molecule has 29 heavy (non-hydrogen) atoms. The molecule has 0 saturated carbocycles. The normalized spacial score (nSPS) is 10.9. The van der Waals surface area contributed by atoms with Gasteiger partial charge in [0.2, 0.25) is 5.91 Å². The number of rotatable bonds is 7. The summed E-state index contributed by atoms with van der Waals surface area (Å²) in [6.07, 6.45) is 0. The molecule has 0 atom stereocenters. The standard InChI is InChI=1S/C21H22IN3O3S/c1-13(2)17-10-15(22)7-8-18(17)23-19(26)11-25-21(29)28-20(24-25)12-27-16-6-4-5-14(3)9-16/h4-10,13H,11-12H2,1-3H3,(H,23,26). The van der Waals surface area contributed by atoms with Crippen molar-refractivity contribution in [2.24, 2.45) is 0 Å². The zero-order valence-electron chi connectivity index (χ0n) is 16.4. The highest BCUT2D eigenvalue weighted by atomic mass is 127. The SMILES string of the molecule is Cc1cccc(OCc2nn(CC(=O)Nc3ccc(I)cc3C(C)C)c(=S)o2)c1. The lowest BCUT2D eigenvalue weighted by atomic mass is 10.0. The van der Waals surface area contributed by atoms with Crippen LogP contribution in [0.4, 0.5) is 5.69 Å². The van der Waals surface area contributed by atoms with Crippen LogP contribution in [-0.2, 0) is 17.9 Å². The second-order valence-corrected chi connectivity index (χ2v) is 8.55. The number of anilines is 1. The van der Waals surface area contributed by atoms with E-state index < -0.39 is 0 Å². The number of amides is 1. The maximum atomic E-state index is 12.5. The molecule has 0 radical (unpaired) electrons. The van der Waals surface area contributed by atoms with Crippen molar-refractivity contribution in [2.45, 2.75) is 39.8 Å². The minimum atomic E-state index is -0.219. The number of benzene rings is 2. The maximum absolute atomic E-state index is 12.5. The van der Waals surface area contributed by atoms with Crippen LogP contribution in [-0.4, -0.2) is 15.7 Å². The predicted molar refractivity (Wildman–Crippen MR) is 123 cm³/mol. The number of halogens is 1. The fourth-order valence-corrected chi connectivity index (χ4v) is 3.53. The number of hydrogen-bond acceptors (Lipinski definition) is 5. The van der Waals surface area contributed by atoms with Gasteiger partial charge in [0.05, 0.1) is 0 Å². The fraction of sp³-hybridized carbons (Fsp3) is 0.286. The first-order valence-corrected chi connectivity index (χ1v) is 10.7. The summed E-state index contributed by atoms with van der Waals surface area (Å²) < 4.78 is 13.6. The van der Waals surface area contributed by atoms with Crippen molar-refractivity contribution in [1.82, 2.24) is 9.78 Å². The summed E-state index contributed by atoms with van der Waals surface area (Å²) in [7, 11) is 0. The Morgan fingerprint density at radius 1 is 1.31 bits per heavy atom. The summed E-state index contributed by atoms with van der Waals surface area (Å²) in [6.45, 7) is 6.28. The Morgan fingerprint density at radius 2 is 2.10 bits per heavy atom. The number of hydrogen-bond donors (Lipinski definition) is 1. The van der Waals surface area contributed by atoms with Gasteiger partial charge in [-0.15, -0.1) is 5.10 Å². The number of nitrogens with zero attached hydrogens (tertiary/aromatic N) is 2. The zero-order chi connectivity index (χ0) is 21.0. The number of carbonyl (C=O) groups excluding carboxylic acids is 1. The summed E-state index contributed by atoms with van der Waals surface area (Å²) >= 11 is 7.45. The van der Waals surface area contributed by atoms with Crippen LogP contribution in [0.5, 0.6) is 5.75 Å². The van der Waals surface area contributed by atoms with Crippen LogP contribution in [0.2, 0.25) is 0 Å². The molecule has 152 valence electrons. The first-order chi connectivity index (χ1) is 13.8. The van der Waals surface area contributed by atoms with E-state index in [1.807, 2.05) is 43.3 Å². The molecule has 8 heteroatoms. The highest BCUT2D eigenvalue weighted by Gasteiger charge is 2.14. The first-order valence-electron chi connectivity index (χ1n) is 9.17. The van der Waals surface area contributed by atoms with E-state index in [4.69, 9.17) is 21.4 Å². The molecule has 3 aromatic rings. The Kier molecular flexibility index (Phi) is 7.07. The van der Waals surface area contributed by atoms with Crippen molar-refractivity contribution in [3.8, 4) is 5.75 Å². The number of carbonyl (C=O) groups is 1. The van der Waals surface area contributed by atoms with Crippen LogP contribution in [0.25, 0.3) is 0 Å². The summed E-state index contributed by atoms with van der Waals surface area (Å²) in [6, 6.07) is 13.6. The molecule has 1 amide bonds. The molecule has 1 N–H and O–H groups in total. The Hall–Kier alpha value is -2.20. The molecule has 0 aliphatic rings. The molecule has 1 heterocycles. The van der Waals surface area contributed by atoms with Gasteiger partial charge in [-0.1, -0.05) is 26.0 Å². The lowest BCUT2D eigenvalue weighted by Gasteiger charge is -2.14. The Labute approximate surface area is 188 Å². The molecule has 2 aromatic carbocycles. The van der Waals surface area contributed by atoms with Gasteiger partial charge in [-0.3, -0.25) is 4.79 Å². The first kappa shape index (κ1) is 21.5. The number of ether oxygens (including phenoxy) is 1. The van der Waals surface area contributed by atoms with Crippen LogP contribution >= 0.6 is 34.8 Å². The van der Waals surface area contributed by atoms with Gasteiger partial charge in [0.15, 0.2) is 6.61 Å². The van der Waals surface area contributed by atoms with Crippen molar-refractivity contribution in [2.75, 3.05) is 5.32 Å². The molecule has 3 rings (SSSR count). The van der Waals surface area contributed by atoms with Crippen LogP contribution in [0.15, 0.2) is 46.9 Å². The summed E-state index contributed by atoms with van der Waals surface area (Å²) in [5, 5.41) is 7.21. The van der Waals surface area contributed by atoms with Gasteiger partial charge in [0, 0.05) is 9.26 Å². The van der Waals surface area contributed by atoms with Crippen molar-refractivity contribution in [3.63, 3.8) is 0 Å². The van der Waals surface area contributed by atoms with Crippen LogP contribution in [0.1, 0.15) is 36.8 Å². The van der Waals surface area contributed by atoms with E-state index in [-0.39, 0.29) is 23.9 Å². The van der Waals surface area contributed by atoms with Crippen LogP contribution < -0.4 is 10.1 Å². The lowest BCUT2D eigenvalue weighted by molar-refractivity contribution is -0.117. The largest absolute Gasteiger partial charge is 0.484 e. The molecule has 0 saturated heterocycles. The van der Waals surface area contributed by atoms with Crippen molar-refractivity contribution in [1.29, 1.82) is 0 Å². The summed E-state index contributed by atoms with van der Waals surface area (Å²) in [5.74, 6) is 1.11. The van der Waals surface area contributed by atoms with Crippen molar-refractivity contribution < 1.29 is 13.9 Å². The average Bonchev–Trinajstić information content (AvgIpc) is 3.01. The smallest absolute Gasteiger partial charge is 0.287 e. The van der Waals surface area contributed by atoms with Gasteiger partial charge < -0.3 is 14.5 Å². The van der Waals surface area contributed by atoms with Gasteiger partial charge in [-0.2, -0.15) is 0 Å². The summed E-state index contributed by atoms with van der Waals surface area (Å²) in [4.78, 5) is 12.7. The van der Waals surface area contributed by atoms with Gasteiger partial charge in [0.1, 0.15) is 12.3 Å². The van der Waals surface area contributed by atoms with E-state index in [2.05, 4.69) is 52.9 Å². The van der Waals surface area contributed by atoms with Crippen molar-refractivity contribution in [3.05, 3.63) is 67.9 Å². The molecule has 6 nitrogen and oxygen atoms in total. The van der Waals surface area contributed by atoms with E-state index >= 15 is 0 Å². The average molecular weight is 523 g/mol. The second kappa shape index (κ2) is 9.53. The number of aryl methyl sites for hydroxylation is 1. The third kappa shape index (κ3) is 5.89. The van der Waals surface area contributed by atoms with Gasteiger partial charge >= 0.3 is 0 Å². The molecule has 0 unspecified atom stereocenters. The highest BCUT2D eigenvalue weighted by molar-refractivity contribution is 14.1. The lowest BCUT2D eigenvalue weighted by Crippen LogP contribution is -2.20. The molecule has 0 aliphatic carbocycles. The van der Waals surface area contributed by atoms with E-state index in [1.165, 1.54) is 4.68 Å². The fourth-order valence-electron chi connectivity index (χ4n) is 2.81. The molecular weight excluding hydrogens is 501 g/mol. The Morgan fingerprint density at radius 3 is 2.83 bits per heavy atom. The number of nitrogens with one attached hydrogen (secondary N) is 1. The van der Waals surface area contributed by atoms with Gasteiger partial charge in [-0.25, -0.2) is 4.68 Å². The topological polar surface area (TPSA) is 69.3 Å². The van der Waals surface area contributed by atoms with Crippen LogP contribution in [0, 0.1) is 15.3 Å². The monoisotopic (exact) mass is 523 g/mol. The van der Waals surface area contributed by atoms with Crippen molar-refractivity contribution >= 4 is 46.4 Å². The molecule has 0 fully saturated rings. The number of aromatic nitrogens is 2. The molecule has 0 aliphatic heterocycles. The predicted octanol–water partition coefficient (Wildman–Crippen LogP) is 5.46. The third-order valence-corrected chi connectivity index (χ3v) is 5.17. The minimum Gasteiger partial charge on any atom is -0.484 e. The molecule has 1 aromatic heterocycles. The quantitative estimate of drug-likeness (QED) is 0.329. The van der Waals surface area contributed by atoms with E-state index in [0.29, 0.717) is 11.8 Å². The molecular formula is C21H22IN3O3S. The molecule has 0 bridgehead atoms. The Balaban J connectivity index is 1.65. The maximum Gasteiger partial charge on any atom is 0.287 e. The highest BCUT2D eigenvalue weighted by Crippen LogP contribution is 2.26.